The zero-order chi connectivity index (χ0) is 20.5. The van der Waals surface area contributed by atoms with Gasteiger partial charge in [0.25, 0.3) is 0 Å². The minimum absolute atomic E-state index is 0.273. The van der Waals surface area contributed by atoms with E-state index in [-0.39, 0.29) is 11.8 Å². The molecule has 0 aliphatic heterocycles. The van der Waals surface area contributed by atoms with Crippen LogP contribution >= 0.6 is 22.9 Å². The van der Waals surface area contributed by atoms with Gasteiger partial charge in [-0.05, 0) is 55.8 Å². The smallest absolute Gasteiger partial charge is 0.319 e. The minimum Gasteiger partial charge on any atom is -0.333 e. The second-order valence-corrected chi connectivity index (χ2v) is 8.14. The fourth-order valence-electron chi connectivity index (χ4n) is 2.92. The number of aryl methyl sites for hydroxylation is 2. The van der Waals surface area contributed by atoms with Gasteiger partial charge in [-0.1, -0.05) is 29.0 Å². The van der Waals surface area contributed by atoms with E-state index < -0.39 is 0 Å². The van der Waals surface area contributed by atoms with Crippen molar-refractivity contribution in [2.45, 2.75) is 20.4 Å². The first-order valence-corrected chi connectivity index (χ1v) is 10.1. The van der Waals surface area contributed by atoms with E-state index in [9.17, 15) is 9.18 Å². The number of imidazole rings is 1. The zero-order valence-electron chi connectivity index (χ0n) is 15.8. The van der Waals surface area contributed by atoms with Crippen molar-refractivity contribution < 1.29 is 9.18 Å². The van der Waals surface area contributed by atoms with Crippen molar-refractivity contribution in [1.29, 1.82) is 0 Å². The molecule has 0 radical (unpaired) electrons. The highest BCUT2D eigenvalue weighted by Crippen LogP contribution is 2.27. The molecule has 2 heterocycles. The van der Waals surface area contributed by atoms with Crippen LogP contribution in [0, 0.1) is 19.7 Å². The number of hydrogen-bond acceptors (Lipinski definition) is 3. The number of rotatable bonds is 4. The number of anilines is 1. The van der Waals surface area contributed by atoms with E-state index in [0.29, 0.717) is 17.3 Å². The van der Waals surface area contributed by atoms with Crippen molar-refractivity contribution >= 4 is 39.6 Å². The number of hydrogen-bond donors (Lipinski definition) is 2. The lowest BCUT2D eigenvalue weighted by molar-refractivity contribution is 0.252. The summed E-state index contributed by atoms with van der Waals surface area (Å²) >= 11 is 7.60. The molecule has 0 bridgehead atoms. The summed E-state index contributed by atoms with van der Waals surface area (Å²) in [7, 11) is 0. The molecule has 0 spiro atoms. The van der Waals surface area contributed by atoms with Gasteiger partial charge in [0.05, 0.1) is 12.2 Å². The number of aromatic nitrogens is 2. The molecule has 2 aromatic heterocycles. The third-order valence-corrected chi connectivity index (χ3v) is 6.20. The van der Waals surface area contributed by atoms with Gasteiger partial charge in [-0.2, -0.15) is 0 Å². The second kappa shape index (κ2) is 7.85. The molecule has 0 saturated carbocycles. The molecule has 29 heavy (non-hydrogen) atoms. The number of fused-ring (bicyclic) bond motifs is 1. The summed E-state index contributed by atoms with van der Waals surface area (Å²) in [6.45, 7) is 4.27. The number of nitrogens with zero attached hydrogens (tertiary/aromatic N) is 2. The Labute approximate surface area is 176 Å². The maximum Gasteiger partial charge on any atom is 0.319 e. The normalized spacial score (nSPS) is 11.0. The fourth-order valence-corrected chi connectivity index (χ4v) is 4.15. The van der Waals surface area contributed by atoms with Gasteiger partial charge in [0.1, 0.15) is 5.82 Å². The number of urea groups is 1. The van der Waals surface area contributed by atoms with Crippen LogP contribution in [0.1, 0.15) is 16.1 Å². The molecule has 0 atom stereocenters. The highest BCUT2D eigenvalue weighted by atomic mass is 35.5. The van der Waals surface area contributed by atoms with Crippen molar-refractivity contribution in [3.63, 3.8) is 0 Å². The Bertz CT molecular complexity index is 1200. The molecule has 0 aliphatic carbocycles. The van der Waals surface area contributed by atoms with Crippen LogP contribution in [0.2, 0.25) is 5.02 Å². The highest BCUT2D eigenvalue weighted by Gasteiger charge is 2.14. The average Bonchev–Trinajstić information content (AvgIpc) is 3.23. The Morgan fingerprint density at radius 2 is 1.97 bits per heavy atom. The van der Waals surface area contributed by atoms with Crippen LogP contribution in [-0.4, -0.2) is 15.4 Å². The SMILES string of the molecule is Cc1ccc(NC(=O)NCc2sc3nc(-c4ccc(F)cc4)cn3c2C)cc1Cl. The number of carbonyl (C=O) groups is 1. The number of thiazole rings is 1. The van der Waals surface area contributed by atoms with Gasteiger partial charge in [0.2, 0.25) is 0 Å². The van der Waals surface area contributed by atoms with E-state index in [1.807, 2.05) is 36.6 Å². The predicted molar refractivity (Wildman–Crippen MR) is 115 cm³/mol. The van der Waals surface area contributed by atoms with Crippen molar-refractivity contribution in [1.82, 2.24) is 14.7 Å². The van der Waals surface area contributed by atoms with Gasteiger partial charge in [-0.3, -0.25) is 4.40 Å². The van der Waals surface area contributed by atoms with Crippen molar-refractivity contribution in [2.75, 3.05) is 5.32 Å². The monoisotopic (exact) mass is 428 g/mol. The molecule has 0 aliphatic rings. The first kappa shape index (κ1) is 19.4. The predicted octanol–water partition coefficient (Wildman–Crippen LogP) is 5.79. The Balaban J connectivity index is 1.45. The van der Waals surface area contributed by atoms with E-state index in [0.717, 1.165) is 32.4 Å². The Morgan fingerprint density at radius 3 is 2.66 bits per heavy atom. The molecular formula is C21H18ClFN4OS. The summed E-state index contributed by atoms with van der Waals surface area (Å²) in [4.78, 5) is 18.7. The van der Waals surface area contributed by atoms with Crippen molar-refractivity contribution in [3.05, 3.63) is 75.6 Å². The fraction of sp³-hybridized carbons (Fsp3) is 0.143. The number of benzene rings is 2. The van der Waals surface area contributed by atoms with E-state index in [1.54, 1.807) is 18.2 Å². The van der Waals surface area contributed by atoms with Crippen LogP contribution < -0.4 is 10.6 Å². The van der Waals surface area contributed by atoms with Gasteiger partial charge in [-0.15, -0.1) is 0 Å². The van der Waals surface area contributed by atoms with Crippen molar-refractivity contribution in [3.8, 4) is 11.3 Å². The molecule has 2 N–H and O–H groups in total. The molecule has 5 nitrogen and oxygen atoms in total. The lowest BCUT2D eigenvalue weighted by Crippen LogP contribution is -2.28. The molecule has 2 amide bonds. The summed E-state index contributed by atoms with van der Waals surface area (Å²) in [6.07, 6.45) is 1.92. The lowest BCUT2D eigenvalue weighted by atomic mass is 10.2. The van der Waals surface area contributed by atoms with Crippen LogP contribution in [0.5, 0.6) is 0 Å². The van der Waals surface area contributed by atoms with Gasteiger partial charge < -0.3 is 10.6 Å². The van der Waals surface area contributed by atoms with E-state index >= 15 is 0 Å². The molecule has 0 saturated heterocycles. The highest BCUT2D eigenvalue weighted by molar-refractivity contribution is 7.17. The van der Waals surface area contributed by atoms with Crippen LogP contribution in [-0.2, 0) is 6.54 Å². The zero-order valence-corrected chi connectivity index (χ0v) is 17.4. The van der Waals surface area contributed by atoms with Gasteiger partial charge in [0, 0.05) is 33.0 Å². The second-order valence-electron chi connectivity index (χ2n) is 6.67. The van der Waals surface area contributed by atoms with Gasteiger partial charge in [-0.25, -0.2) is 14.2 Å². The van der Waals surface area contributed by atoms with E-state index in [1.165, 1.54) is 23.5 Å². The molecular weight excluding hydrogens is 411 g/mol. The van der Waals surface area contributed by atoms with Gasteiger partial charge in [0.15, 0.2) is 4.96 Å². The molecule has 8 heteroatoms. The molecule has 4 aromatic rings. The summed E-state index contributed by atoms with van der Waals surface area (Å²) in [5, 5.41) is 6.25. The van der Waals surface area contributed by atoms with Crippen LogP contribution in [0.3, 0.4) is 0 Å². The number of carbonyl (C=O) groups excluding carboxylic acids is 1. The van der Waals surface area contributed by atoms with Gasteiger partial charge >= 0.3 is 6.03 Å². The van der Waals surface area contributed by atoms with Crippen LogP contribution in [0.25, 0.3) is 16.2 Å². The van der Waals surface area contributed by atoms with Crippen molar-refractivity contribution in [2.24, 2.45) is 0 Å². The number of amides is 2. The van der Waals surface area contributed by atoms with Crippen LogP contribution in [0.15, 0.2) is 48.7 Å². The average molecular weight is 429 g/mol. The summed E-state index contributed by atoms with van der Waals surface area (Å²) in [5.41, 5.74) is 4.24. The minimum atomic E-state index is -0.303. The first-order valence-electron chi connectivity index (χ1n) is 8.95. The Kier molecular flexibility index (Phi) is 5.25. The quantitative estimate of drug-likeness (QED) is 0.432. The molecule has 0 unspecified atom stereocenters. The number of halogens is 2. The third-order valence-electron chi connectivity index (χ3n) is 4.63. The topological polar surface area (TPSA) is 58.4 Å². The van der Waals surface area contributed by atoms with E-state index in [4.69, 9.17) is 11.6 Å². The standard InChI is InChI=1S/C21H18ClFN4OS/c1-12-3-8-16(9-17(12)22)25-20(28)24-10-19-13(2)27-11-18(26-21(27)29-19)14-4-6-15(23)7-5-14/h3-9,11H,10H2,1-2H3,(H2,24,25,28). The molecule has 2 aromatic carbocycles. The first-order chi connectivity index (χ1) is 13.9. The maximum absolute atomic E-state index is 13.1. The number of nitrogens with one attached hydrogen (secondary N) is 2. The largest absolute Gasteiger partial charge is 0.333 e. The lowest BCUT2D eigenvalue weighted by Gasteiger charge is -2.08. The molecule has 0 fully saturated rings. The summed E-state index contributed by atoms with van der Waals surface area (Å²) in [6, 6.07) is 11.3. The Morgan fingerprint density at radius 1 is 1.21 bits per heavy atom. The Hall–Kier alpha value is -2.90. The third kappa shape index (κ3) is 4.11. The molecule has 148 valence electrons. The van der Waals surface area contributed by atoms with E-state index in [2.05, 4.69) is 15.6 Å². The van der Waals surface area contributed by atoms with Crippen LogP contribution in [0.4, 0.5) is 14.9 Å². The summed E-state index contributed by atoms with van der Waals surface area (Å²) in [5.74, 6) is -0.273. The summed E-state index contributed by atoms with van der Waals surface area (Å²) < 4.78 is 15.1. The maximum atomic E-state index is 13.1. The molecule has 4 rings (SSSR count).